The first-order valence-electron chi connectivity index (χ1n) is 15.8. The molecule has 38 heavy (non-hydrogen) atoms. The molecule has 0 heterocycles. The summed E-state index contributed by atoms with van der Waals surface area (Å²) in [4.78, 5) is 12.0. The van der Waals surface area contributed by atoms with Gasteiger partial charge >= 0.3 is 5.97 Å². The van der Waals surface area contributed by atoms with E-state index < -0.39 is 0 Å². The summed E-state index contributed by atoms with van der Waals surface area (Å²) < 4.78 is 5.40. The maximum atomic E-state index is 12.0. The van der Waals surface area contributed by atoms with Crippen molar-refractivity contribution in [1.29, 1.82) is 0 Å². The van der Waals surface area contributed by atoms with Crippen LogP contribution in [0, 0.1) is 5.41 Å². The third-order valence-electron chi connectivity index (χ3n) is 7.91. The molecule has 0 aliphatic heterocycles. The van der Waals surface area contributed by atoms with Gasteiger partial charge in [0, 0.05) is 6.42 Å². The van der Waals surface area contributed by atoms with Crippen molar-refractivity contribution in [2.45, 2.75) is 151 Å². The highest BCUT2D eigenvalue weighted by Crippen LogP contribution is 2.40. The lowest BCUT2D eigenvalue weighted by molar-refractivity contribution is -0.142. The Balaban J connectivity index is 2.13. The number of ether oxygens (including phenoxy) is 1. The lowest BCUT2D eigenvalue weighted by Gasteiger charge is -2.32. The number of unbranched alkanes of at least 4 members (excludes halogenated alkanes) is 12. The Bertz CT molecular complexity index is 803. The molecule has 216 valence electrons. The minimum absolute atomic E-state index is 0.0720. The van der Waals surface area contributed by atoms with Crippen molar-refractivity contribution in [2.75, 3.05) is 6.61 Å². The van der Waals surface area contributed by atoms with E-state index in [1.807, 2.05) is 6.08 Å². The molecule has 0 saturated carbocycles. The van der Waals surface area contributed by atoms with Crippen LogP contribution in [0.15, 0.2) is 58.7 Å². The number of carbonyl (C=O) groups excluding carboxylic acids is 1. The van der Waals surface area contributed by atoms with E-state index in [-0.39, 0.29) is 11.4 Å². The van der Waals surface area contributed by atoms with Crippen molar-refractivity contribution in [3.63, 3.8) is 0 Å². The summed E-state index contributed by atoms with van der Waals surface area (Å²) in [6.45, 7) is 13.8. The Morgan fingerprint density at radius 2 is 1.42 bits per heavy atom. The summed E-state index contributed by atoms with van der Waals surface area (Å²) in [5.74, 6) is -0.0720. The number of hydrogen-bond donors (Lipinski definition) is 0. The second kappa shape index (κ2) is 21.0. The first-order chi connectivity index (χ1) is 18.3. The Morgan fingerprint density at radius 3 is 2.00 bits per heavy atom. The fraction of sp³-hybridized carbons (Fsp3) is 0.694. The molecule has 0 aromatic rings. The molecule has 1 rings (SSSR count). The minimum Gasteiger partial charge on any atom is -0.461 e. The largest absolute Gasteiger partial charge is 0.461 e. The fourth-order valence-corrected chi connectivity index (χ4v) is 5.33. The number of hydrogen-bond acceptors (Lipinski definition) is 2. The highest BCUT2D eigenvalue weighted by molar-refractivity contribution is 5.69. The molecule has 0 unspecified atom stereocenters. The Morgan fingerprint density at radius 1 is 0.842 bits per heavy atom. The van der Waals surface area contributed by atoms with Gasteiger partial charge in [-0.05, 0) is 63.5 Å². The normalized spacial score (nSPS) is 16.7. The molecule has 0 fully saturated rings. The van der Waals surface area contributed by atoms with Crippen LogP contribution in [0.25, 0.3) is 0 Å². The minimum atomic E-state index is -0.0720. The molecular formula is C36H60O2. The molecule has 0 radical (unpaired) electrons. The second-order valence-corrected chi connectivity index (χ2v) is 12.2. The zero-order valence-corrected chi connectivity index (χ0v) is 26.0. The molecule has 2 heteroatoms. The van der Waals surface area contributed by atoms with Crippen LogP contribution in [0.3, 0.4) is 0 Å². The predicted molar refractivity (Wildman–Crippen MR) is 167 cm³/mol. The van der Waals surface area contributed by atoms with Gasteiger partial charge in [-0.3, -0.25) is 4.79 Å². The summed E-state index contributed by atoms with van der Waals surface area (Å²) in [5, 5.41) is 0. The maximum absolute atomic E-state index is 12.0. The highest BCUT2D eigenvalue weighted by Gasteiger charge is 2.26. The van der Waals surface area contributed by atoms with Gasteiger partial charge in [-0.2, -0.15) is 0 Å². The van der Waals surface area contributed by atoms with Gasteiger partial charge in [0.15, 0.2) is 0 Å². The highest BCUT2D eigenvalue weighted by atomic mass is 16.5. The van der Waals surface area contributed by atoms with Gasteiger partial charge in [-0.15, -0.1) is 0 Å². The van der Waals surface area contributed by atoms with Crippen molar-refractivity contribution >= 4 is 5.97 Å². The van der Waals surface area contributed by atoms with Gasteiger partial charge in [0.2, 0.25) is 0 Å². The van der Waals surface area contributed by atoms with Gasteiger partial charge in [-0.25, -0.2) is 0 Å². The Kier molecular flexibility index (Phi) is 18.9. The number of esters is 1. The van der Waals surface area contributed by atoms with E-state index in [1.54, 1.807) is 0 Å². The van der Waals surface area contributed by atoms with Crippen LogP contribution in [0.4, 0.5) is 0 Å². The SMILES string of the molecule is CCCCCCCCCCCCCCCC(=O)OC\C=C(C)/C=C\C=C(C)/C=C/C1=C(C)CCCC1(C)C. The molecule has 1 aliphatic rings. The molecule has 0 atom stereocenters. The average Bonchev–Trinajstić information content (AvgIpc) is 2.86. The molecule has 0 aromatic heterocycles. The summed E-state index contributed by atoms with van der Waals surface area (Å²) >= 11 is 0. The fourth-order valence-electron chi connectivity index (χ4n) is 5.33. The third kappa shape index (κ3) is 16.9. The van der Waals surface area contributed by atoms with Gasteiger partial charge in [0.1, 0.15) is 6.61 Å². The topological polar surface area (TPSA) is 26.3 Å². The lowest BCUT2D eigenvalue weighted by atomic mass is 9.72. The van der Waals surface area contributed by atoms with Crippen LogP contribution in [-0.2, 0) is 9.53 Å². The number of carbonyl (C=O) groups is 1. The monoisotopic (exact) mass is 524 g/mol. The Labute approximate surface area is 236 Å². The van der Waals surface area contributed by atoms with Crippen LogP contribution in [0.5, 0.6) is 0 Å². The molecule has 0 amide bonds. The van der Waals surface area contributed by atoms with E-state index in [2.05, 4.69) is 71.9 Å². The Hall–Kier alpha value is -1.83. The van der Waals surface area contributed by atoms with Crippen molar-refractivity contribution in [1.82, 2.24) is 0 Å². The quantitative estimate of drug-likeness (QED) is 0.0899. The smallest absolute Gasteiger partial charge is 0.306 e. The van der Waals surface area contributed by atoms with E-state index in [9.17, 15) is 4.79 Å². The summed E-state index contributed by atoms with van der Waals surface area (Å²) in [5.41, 5.74) is 5.65. The molecule has 0 saturated heterocycles. The zero-order chi connectivity index (χ0) is 28.1. The maximum Gasteiger partial charge on any atom is 0.306 e. The van der Waals surface area contributed by atoms with Crippen LogP contribution >= 0.6 is 0 Å². The molecule has 0 spiro atoms. The van der Waals surface area contributed by atoms with E-state index in [4.69, 9.17) is 4.74 Å². The molecule has 2 nitrogen and oxygen atoms in total. The number of allylic oxidation sites excluding steroid dienone is 9. The number of rotatable bonds is 20. The van der Waals surface area contributed by atoms with Gasteiger partial charge in [0.05, 0.1) is 0 Å². The van der Waals surface area contributed by atoms with Crippen LogP contribution < -0.4 is 0 Å². The van der Waals surface area contributed by atoms with Crippen molar-refractivity contribution in [3.05, 3.63) is 58.7 Å². The van der Waals surface area contributed by atoms with Crippen LogP contribution in [0.2, 0.25) is 0 Å². The summed E-state index contributed by atoms with van der Waals surface area (Å²) in [7, 11) is 0. The van der Waals surface area contributed by atoms with Crippen molar-refractivity contribution in [2.24, 2.45) is 5.41 Å². The first-order valence-corrected chi connectivity index (χ1v) is 15.8. The molecule has 0 aromatic carbocycles. The van der Waals surface area contributed by atoms with Crippen LogP contribution in [0.1, 0.15) is 151 Å². The van der Waals surface area contributed by atoms with Crippen molar-refractivity contribution in [3.8, 4) is 0 Å². The molecule has 0 bridgehead atoms. The third-order valence-corrected chi connectivity index (χ3v) is 7.91. The van der Waals surface area contributed by atoms with E-state index in [1.165, 1.54) is 107 Å². The molecule has 1 aliphatic carbocycles. The lowest BCUT2D eigenvalue weighted by Crippen LogP contribution is -2.19. The van der Waals surface area contributed by atoms with Gasteiger partial charge < -0.3 is 4.74 Å². The van der Waals surface area contributed by atoms with Gasteiger partial charge in [0.25, 0.3) is 0 Å². The average molecular weight is 525 g/mol. The standard InChI is InChI=1S/C36H60O2/c1-7-8-9-10-11-12-13-14-15-16-17-18-19-25-35(37)38-30-28-32(3)23-20-22-31(2)26-27-34-33(4)24-21-29-36(34,5)6/h20,22-23,26-28H,7-19,21,24-25,29-30H2,1-6H3/b23-20-,27-26+,31-22-,32-28-. The molecule has 0 N–H and O–H groups in total. The van der Waals surface area contributed by atoms with E-state index in [0.29, 0.717) is 13.0 Å². The van der Waals surface area contributed by atoms with E-state index >= 15 is 0 Å². The zero-order valence-electron chi connectivity index (χ0n) is 26.0. The second-order valence-electron chi connectivity index (χ2n) is 12.2. The summed E-state index contributed by atoms with van der Waals surface area (Å²) in [6.07, 6.45) is 34.3. The first kappa shape index (κ1) is 34.2. The van der Waals surface area contributed by atoms with E-state index in [0.717, 1.165) is 18.4 Å². The molecular weight excluding hydrogens is 464 g/mol. The summed E-state index contributed by atoms with van der Waals surface area (Å²) in [6, 6.07) is 0. The van der Waals surface area contributed by atoms with Crippen molar-refractivity contribution < 1.29 is 9.53 Å². The van der Waals surface area contributed by atoms with Gasteiger partial charge in [-0.1, -0.05) is 145 Å². The van der Waals surface area contributed by atoms with Crippen LogP contribution in [-0.4, -0.2) is 12.6 Å². The predicted octanol–water partition coefficient (Wildman–Crippen LogP) is 11.5.